The molecule has 112 valence electrons. The van der Waals surface area contributed by atoms with Crippen molar-refractivity contribution in [2.75, 3.05) is 0 Å². The molecule has 2 atom stereocenters. The van der Waals surface area contributed by atoms with Crippen molar-refractivity contribution >= 4 is 0 Å². The molecule has 0 spiro atoms. The standard InChI is InChI=1S/C18H21F2N/c1-3-18(16-6-4-5-7-17(16)20)21-13(2)12-14-8-10-15(19)11-9-14/h4-11,13,18,21H,3,12H2,1-2H3. The highest BCUT2D eigenvalue weighted by Crippen LogP contribution is 2.21. The van der Waals surface area contributed by atoms with Gasteiger partial charge in [-0.05, 0) is 43.5 Å². The molecule has 2 aromatic rings. The van der Waals surface area contributed by atoms with Gasteiger partial charge in [0, 0.05) is 17.6 Å². The predicted molar refractivity (Wildman–Crippen MR) is 82.1 cm³/mol. The van der Waals surface area contributed by atoms with E-state index in [2.05, 4.69) is 12.2 Å². The van der Waals surface area contributed by atoms with Gasteiger partial charge in [0.05, 0.1) is 0 Å². The van der Waals surface area contributed by atoms with Crippen molar-refractivity contribution in [2.24, 2.45) is 0 Å². The van der Waals surface area contributed by atoms with E-state index >= 15 is 0 Å². The Balaban J connectivity index is 2.01. The molecule has 1 nitrogen and oxygen atoms in total. The minimum absolute atomic E-state index is 0.0124. The highest BCUT2D eigenvalue weighted by atomic mass is 19.1. The number of benzene rings is 2. The summed E-state index contributed by atoms with van der Waals surface area (Å²) in [6.07, 6.45) is 1.60. The molecule has 0 saturated carbocycles. The Morgan fingerprint density at radius 1 is 1.00 bits per heavy atom. The number of nitrogens with one attached hydrogen (secondary N) is 1. The average molecular weight is 289 g/mol. The molecule has 2 aromatic carbocycles. The monoisotopic (exact) mass is 289 g/mol. The second kappa shape index (κ2) is 7.32. The summed E-state index contributed by atoms with van der Waals surface area (Å²) >= 11 is 0. The van der Waals surface area contributed by atoms with Crippen molar-refractivity contribution in [1.82, 2.24) is 5.32 Å². The summed E-state index contributed by atoms with van der Waals surface area (Å²) in [4.78, 5) is 0. The first-order chi connectivity index (χ1) is 10.1. The van der Waals surface area contributed by atoms with E-state index in [1.807, 2.05) is 19.1 Å². The molecule has 0 bridgehead atoms. The van der Waals surface area contributed by atoms with E-state index < -0.39 is 0 Å². The van der Waals surface area contributed by atoms with Crippen LogP contribution in [0, 0.1) is 11.6 Å². The summed E-state index contributed by atoms with van der Waals surface area (Å²) in [7, 11) is 0. The van der Waals surface area contributed by atoms with Crippen LogP contribution in [0.15, 0.2) is 48.5 Å². The predicted octanol–water partition coefficient (Wildman–Crippen LogP) is 4.64. The molecule has 0 aliphatic heterocycles. The van der Waals surface area contributed by atoms with E-state index in [4.69, 9.17) is 0 Å². The van der Waals surface area contributed by atoms with E-state index in [9.17, 15) is 8.78 Å². The van der Waals surface area contributed by atoms with Crippen molar-refractivity contribution < 1.29 is 8.78 Å². The van der Waals surface area contributed by atoms with Crippen LogP contribution in [0.5, 0.6) is 0 Å². The highest BCUT2D eigenvalue weighted by molar-refractivity contribution is 5.22. The number of hydrogen-bond donors (Lipinski definition) is 1. The Bertz CT molecular complexity index is 566. The zero-order chi connectivity index (χ0) is 15.2. The van der Waals surface area contributed by atoms with Crippen molar-refractivity contribution in [1.29, 1.82) is 0 Å². The molecule has 21 heavy (non-hydrogen) atoms. The summed E-state index contributed by atoms with van der Waals surface area (Å²) in [5.74, 6) is -0.400. The molecule has 1 N–H and O–H groups in total. The first-order valence-electron chi connectivity index (χ1n) is 7.35. The molecule has 0 amide bonds. The largest absolute Gasteiger partial charge is 0.307 e. The first kappa shape index (κ1) is 15.6. The third-order valence-corrected chi connectivity index (χ3v) is 3.63. The third-order valence-electron chi connectivity index (χ3n) is 3.63. The second-order valence-corrected chi connectivity index (χ2v) is 5.38. The highest BCUT2D eigenvalue weighted by Gasteiger charge is 2.16. The summed E-state index contributed by atoms with van der Waals surface area (Å²) in [5.41, 5.74) is 1.77. The lowest BCUT2D eigenvalue weighted by Crippen LogP contribution is -2.32. The minimum Gasteiger partial charge on any atom is -0.307 e. The smallest absolute Gasteiger partial charge is 0.127 e. The molecule has 2 unspecified atom stereocenters. The van der Waals surface area contributed by atoms with Crippen LogP contribution in [0.2, 0.25) is 0 Å². The van der Waals surface area contributed by atoms with Gasteiger partial charge in [0.1, 0.15) is 11.6 Å². The molecule has 0 aliphatic carbocycles. The van der Waals surface area contributed by atoms with E-state index in [0.29, 0.717) is 5.56 Å². The fraction of sp³-hybridized carbons (Fsp3) is 0.333. The van der Waals surface area contributed by atoms with E-state index in [1.165, 1.54) is 18.2 Å². The van der Waals surface area contributed by atoms with Crippen LogP contribution >= 0.6 is 0 Å². The molecule has 0 aromatic heterocycles. The summed E-state index contributed by atoms with van der Waals surface area (Å²) in [5, 5.41) is 3.45. The maximum absolute atomic E-state index is 13.9. The molecule has 0 saturated heterocycles. The van der Waals surface area contributed by atoms with Crippen molar-refractivity contribution in [3.05, 3.63) is 71.3 Å². The Hall–Kier alpha value is -1.74. The molecule has 2 rings (SSSR count). The lowest BCUT2D eigenvalue weighted by atomic mass is 10.0. The Labute approximate surface area is 125 Å². The average Bonchev–Trinajstić information content (AvgIpc) is 2.48. The summed E-state index contributed by atoms with van der Waals surface area (Å²) in [6, 6.07) is 13.6. The van der Waals surface area contributed by atoms with Gasteiger partial charge in [0.25, 0.3) is 0 Å². The SMILES string of the molecule is CCC(NC(C)Cc1ccc(F)cc1)c1ccccc1F. The number of halogens is 2. The number of rotatable bonds is 6. The second-order valence-electron chi connectivity index (χ2n) is 5.38. The third kappa shape index (κ3) is 4.36. The van der Waals surface area contributed by atoms with Crippen molar-refractivity contribution in [2.45, 2.75) is 38.8 Å². The quantitative estimate of drug-likeness (QED) is 0.817. The topological polar surface area (TPSA) is 12.0 Å². The van der Waals surface area contributed by atoms with Gasteiger partial charge in [-0.2, -0.15) is 0 Å². The van der Waals surface area contributed by atoms with Gasteiger partial charge in [0.2, 0.25) is 0 Å². The maximum Gasteiger partial charge on any atom is 0.127 e. The van der Waals surface area contributed by atoms with E-state index in [0.717, 1.165) is 18.4 Å². The van der Waals surface area contributed by atoms with Crippen molar-refractivity contribution in [3.63, 3.8) is 0 Å². The van der Waals surface area contributed by atoms with Crippen LogP contribution in [0.1, 0.15) is 37.4 Å². The van der Waals surface area contributed by atoms with Gasteiger partial charge in [0.15, 0.2) is 0 Å². The van der Waals surface area contributed by atoms with Gasteiger partial charge >= 0.3 is 0 Å². The van der Waals surface area contributed by atoms with Crippen LogP contribution < -0.4 is 5.32 Å². The van der Waals surface area contributed by atoms with Crippen molar-refractivity contribution in [3.8, 4) is 0 Å². The van der Waals surface area contributed by atoms with E-state index in [1.54, 1.807) is 18.2 Å². The van der Waals surface area contributed by atoms with Gasteiger partial charge < -0.3 is 5.32 Å². The molecule has 0 heterocycles. The van der Waals surface area contributed by atoms with Crippen LogP contribution in [0.25, 0.3) is 0 Å². The van der Waals surface area contributed by atoms with Crippen LogP contribution in [0.4, 0.5) is 8.78 Å². The molecular weight excluding hydrogens is 268 g/mol. The zero-order valence-electron chi connectivity index (χ0n) is 12.4. The molecule has 3 heteroatoms. The van der Waals surface area contributed by atoms with Gasteiger partial charge in [-0.1, -0.05) is 37.3 Å². The summed E-state index contributed by atoms with van der Waals surface area (Å²) < 4.78 is 26.8. The molecule has 0 aliphatic rings. The Morgan fingerprint density at radius 2 is 1.67 bits per heavy atom. The molecule has 0 fully saturated rings. The molecule has 0 radical (unpaired) electrons. The van der Waals surface area contributed by atoms with Gasteiger partial charge in [-0.3, -0.25) is 0 Å². The van der Waals surface area contributed by atoms with Gasteiger partial charge in [-0.25, -0.2) is 8.78 Å². The van der Waals surface area contributed by atoms with Crippen LogP contribution in [-0.4, -0.2) is 6.04 Å². The first-order valence-corrected chi connectivity index (χ1v) is 7.35. The number of hydrogen-bond acceptors (Lipinski definition) is 1. The maximum atomic E-state index is 13.9. The fourth-order valence-electron chi connectivity index (χ4n) is 2.56. The fourth-order valence-corrected chi connectivity index (χ4v) is 2.56. The summed E-state index contributed by atoms with van der Waals surface area (Å²) in [6.45, 7) is 4.10. The minimum atomic E-state index is -0.225. The molecular formula is C18H21F2N. The van der Waals surface area contributed by atoms with Crippen LogP contribution in [0.3, 0.4) is 0 Å². The lowest BCUT2D eigenvalue weighted by Gasteiger charge is -2.23. The Morgan fingerprint density at radius 3 is 2.29 bits per heavy atom. The van der Waals surface area contributed by atoms with E-state index in [-0.39, 0.29) is 23.7 Å². The normalized spacial score (nSPS) is 13.9. The van der Waals surface area contributed by atoms with Crippen LogP contribution in [-0.2, 0) is 6.42 Å². The zero-order valence-corrected chi connectivity index (χ0v) is 12.4. The lowest BCUT2D eigenvalue weighted by molar-refractivity contribution is 0.429. The Kier molecular flexibility index (Phi) is 5.45. The van der Waals surface area contributed by atoms with Gasteiger partial charge in [-0.15, -0.1) is 0 Å².